The minimum Gasteiger partial charge on any atom is -0.352 e. The summed E-state index contributed by atoms with van der Waals surface area (Å²) in [4.78, 5) is 26.1. The van der Waals surface area contributed by atoms with Gasteiger partial charge in [-0.3, -0.25) is 4.79 Å². The Morgan fingerprint density at radius 1 is 1.11 bits per heavy atom. The quantitative estimate of drug-likeness (QED) is 0.700. The van der Waals surface area contributed by atoms with Crippen LogP contribution in [-0.4, -0.2) is 47.0 Å². The molecule has 3 aromatic rings. The molecule has 1 aliphatic heterocycles. The van der Waals surface area contributed by atoms with E-state index in [-0.39, 0.29) is 5.92 Å². The molecule has 2 aromatic heterocycles. The Bertz CT molecular complexity index is 993. The maximum absolute atomic E-state index is 13.0. The third kappa shape index (κ3) is 2.98. The van der Waals surface area contributed by atoms with Crippen molar-refractivity contribution in [3.05, 3.63) is 53.2 Å². The van der Waals surface area contributed by atoms with Crippen molar-refractivity contribution in [3.63, 3.8) is 0 Å². The van der Waals surface area contributed by atoms with Gasteiger partial charge >= 0.3 is 0 Å². The fraction of sp³-hybridized carbons (Fsp3) is 0.381. The van der Waals surface area contributed by atoms with E-state index in [1.165, 1.54) is 11.1 Å². The van der Waals surface area contributed by atoms with E-state index < -0.39 is 0 Å². The minimum atomic E-state index is 0.167. The van der Waals surface area contributed by atoms with Crippen molar-refractivity contribution in [2.75, 3.05) is 31.1 Å². The van der Waals surface area contributed by atoms with Gasteiger partial charge in [-0.05, 0) is 41.8 Å². The Kier molecular flexibility index (Phi) is 4.08. The first-order valence-corrected chi connectivity index (χ1v) is 10.4. The van der Waals surface area contributed by atoms with Crippen LogP contribution in [0, 0.1) is 12.8 Å². The molecule has 5 nitrogen and oxygen atoms in total. The number of anilines is 1. The van der Waals surface area contributed by atoms with Gasteiger partial charge in [0.1, 0.15) is 12.1 Å². The zero-order valence-electron chi connectivity index (χ0n) is 15.3. The zero-order valence-corrected chi connectivity index (χ0v) is 16.2. The van der Waals surface area contributed by atoms with Crippen LogP contribution in [0.1, 0.15) is 23.5 Å². The van der Waals surface area contributed by atoms with Gasteiger partial charge in [0.05, 0.1) is 10.2 Å². The van der Waals surface area contributed by atoms with E-state index in [4.69, 9.17) is 0 Å². The molecule has 0 bridgehead atoms. The molecule has 3 heterocycles. The molecule has 1 saturated carbocycles. The fourth-order valence-corrected chi connectivity index (χ4v) is 5.05. The standard InChI is InChI=1S/C21H22N4OS/c1-14-4-2-3-5-15(14)16-12-17(16)21(26)25-9-7-24(8-10-25)20-19-18(6-11-27-19)22-13-23-20/h2-6,11,13,16-17H,7-10,12H2,1H3/t16-,17+/m1/s1. The molecule has 138 valence electrons. The van der Waals surface area contributed by atoms with Crippen LogP contribution in [0.2, 0.25) is 0 Å². The van der Waals surface area contributed by atoms with Crippen LogP contribution >= 0.6 is 11.3 Å². The number of fused-ring (bicyclic) bond motifs is 1. The summed E-state index contributed by atoms with van der Waals surface area (Å²) in [5.74, 6) is 1.91. The number of aryl methyl sites for hydroxylation is 1. The van der Waals surface area contributed by atoms with Crippen LogP contribution in [-0.2, 0) is 4.79 Å². The lowest BCUT2D eigenvalue weighted by molar-refractivity contribution is -0.132. The Hall–Kier alpha value is -2.47. The number of hydrogen-bond donors (Lipinski definition) is 0. The minimum absolute atomic E-state index is 0.167. The van der Waals surface area contributed by atoms with E-state index in [9.17, 15) is 4.79 Å². The van der Waals surface area contributed by atoms with E-state index in [2.05, 4.69) is 51.4 Å². The third-order valence-corrected chi connectivity index (χ3v) is 6.71. The smallest absolute Gasteiger partial charge is 0.226 e. The van der Waals surface area contributed by atoms with Crippen LogP contribution in [0.15, 0.2) is 42.0 Å². The van der Waals surface area contributed by atoms with Crippen LogP contribution in [0.25, 0.3) is 10.2 Å². The number of thiophene rings is 1. The van der Waals surface area contributed by atoms with Crippen molar-refractivity contribution in [1.29, 1.82) is 0 Å². The molecule has 0 radical (unpaired) electrons. The molecule has 6 heteroatoms. The second kappa shape index (κ2) is 6.60. The topological polar surface area (TPSA) is 49.3 Å². The number of carbonyl (C=O) groups is 1. The number of nitrogens with zero attached hydrogens (tertiary/aromatic N) is 4. The Labute approximate surface area is 162 Å². The highest BCUT2D eigenvalue weighted by molar-refractivity contribution is 7.17. The molecule has 5 rings (SSSR count). The normalized spacial score (nSPS) is 22.3. The highest BCUT2D eigenvalue weighted by atomic mass is 32.1. The first kappa shape index (κ1) is 16.7. The molecular formula is C21H22N4OS. The number of benzene rings is 1. The van der Waals surface area contributed by atoms with Gasteiger partial charge in [0, 0.05) is 32.1 Å². The summed E-state index contributed by atoms with van der Waals surface area (Å²) in [6, 6.07) is 10.5. The van der Waals surface area contributed by atoms with Crippen LogP contribution in [0.5, 0.6) is 0 Å². The van der Waals surface area contributed by atoms with Gasteiger partial charge in [0.25, 0.3) is 0 Å². The van der Waals surface area contributed by atoms with E-state index >= 15 is 0 Å². The predicted octanol–water partition coefficient (Wildman–Crippen LogP) is 3.45. The molecule has 27 heavy (non-hydrogen) atoms. The summed E-state index contributed by atoms with van der Waals surface area (Å²) in [7, 11) is 0. The molecule has 1 saturated heterocycles. The van der Waals surface area contributed by atoms with Crippen molar-refractivity contribution in [2.45, 2.75) is 19.3 Å². The second-order valence-electron chi connectivity index (χ2n) is 7.45. The summed E-state index contributed by atoms with van der Waals surface area (Å²) in [5.41, 5.74) is 3.64. The van der Waals surface area contributed by atoms with E-state index in [0.717, 1.165) is 48.6 Å². The molecule has 0 spiro atoms. The summed E-state index contributed by atoms with van der Waals surface area (Å²) >= 11 is 1.68. The van der Waals surface area contributed by atoms with E-state index in [0.29, 0.717) is 11.8 Å². The number of hydrogen-bond acceptors (Lipinski definition) is 5. The lowest BCUT2D eigenvalue weighted by atomic mass is 10.0. The first-order valence-electron chi connectivity index (χ1n) is 9.50. The molecule has 1 amide bonds. The molecule has 1 aliphatic carbocycles. The van der Waals surface area contributed by atoms with Gasteiger partial charge in [0.2, 0.25) is 5.91 Å². The van der Waals surface area contributed by atoms with Crippen LogP contribution < -0.4 is 4.90 Å². The summed E-state index contributed by atoms with van der Waals surface area (Å²) < 4.78 is 1.14. The van der Waals surface area contributed by atoms with Crippen molar-refractivity contribution < 1.29 is 4.79 Å². The molecule has 2 fully saturated rings. The molecule has 2 aliphatic rings. The molecule has 2 atom stereocenters. The number of aromatic nitrogens is 2. The predicted molar refractivity (Wildman–Crippen MR) is 108 cm³/mol. The third-order valence-electron chi connectivity index (χ3n) is 5.81. The number of piperazine rings is 1. The maximum atomic E-state index is 13.0. The average molecular weight is 379 g/mol. The van der Waals surface area contributed by atoms with Gasteiger partial charge in [-0.1, -0.05) is 24.3 Å². The first-order chi connectivity index (χ1) is 13.2. The lowest BCUT2D eigenvalue weighted by Crippen LogP contribution is -2.49. The second-order valence-corrected chi connectivity index (χ2v) is 8.37. The summed E-state index contributed by atoms with van der Waals surface area (Å²) in [6.07, 6.45) is 2.63. The van der Waals surface area contributed by atoms with Gasteiger partial charge in [-0.2, -0.15) is 0 Å². The Balaban J connectivity index is 1.24. The average Bonchev–Trinajstić information content (AvgIpc) is 3.34. The number of rotatable bonds is 3. The van der Waals surface area contributed by atoms with Crippen molar-refractivity contribution in [3.8, 4) is 0 Å². The molecular weight excluding hydrogens is 356 g/mol. The Morgan fingerprint density at radius 2 is 1.93 bits per heavy atom. The summed E-state index contributed by atoms with van der Waals surface area (Å²) in [6.45, 7) is 5.34. The lowest BCUT2D eigenvalue weighted by Gasteiger charge is -2.35. The van der Waals surface area contributed by atoms with E-state index in [1.807, 2.05) is 11.0 Å². The number of carbonyl (C=O) groups excluding carboxylic acids is 1. The van der Waals surface area contributed by atoms with Crippen LogP contribution in [0.3, 0.4) is 0 Å². The largest absolute Gasteiger partial charge is 0.352 e. The maximum Gasteiger partial charge on any atom is 0.226 e. The number of amides is 1. The van der Waals surface area contributed by atoms with Gasteiger partial charge in [-0.25, -0.2) is 9.97 Å². The fourth-order valence-electron chi connectivity index (χ4n) is 4.19. The van der Waals surface area contributed by atoms with Gasteiger partial charge in [0.15, 0.2) is 0 Å². The van der Waals surface area contributed by atoms with Crippen LogP contribution in [0.4, 0.5) is 5.82 Å². The molecule has 0 unspecified atom stereocenters. The SMILES string of the molecule is Cc1ccccc1[C@H]1C[C@@H]1C(=O)N1CCN(c2ncnc3ccsc23)CC1. The molecule has 1 aromatic carbocycles. The van der Waals surface area contributed by atoms with Crippen molar-refractivity contribution >= 4 is 33.3 Å². The highest BCUT2D eigenvalue weighted by Crippen LogP contribution is 2.49. The molecule has 0 N–H and O–H groups in total. The van der Waals surface area contributed by atoms with E-state index in [1.54, 1.807) is 17.7 Å². The van der Waals surface area contributed by atoms with Gasteiger partial charge < -0.3 is 9.80 Å². The summed E-state index contributed by atoms with van der Waals surface area (Å²) in [5, 5.41) is 2.06. The monoisotopic (exact) mass is 378 g/mol. The zero-order chi connectivity index (χ0) is 18.4. The Morgan fingerprint density at radius 3 is 2.74 bits per heavy atom. The van der Waals surface area contributed by atoms with Crippen molar-refractivity contribution in [1.82, 2.24) is 14.9 Å². The highest BCUT2D eigenvalue weighted by Gasteiger charge is 2.46. The van der Waals surface area contributed by atoms with Gasteiger partial charge in [-0.15, -0.1) is 11.3 Å². The van der Waals surface area contributed by atoms with Crippen molar-refractivity contribution in [2.24, 2.45) is 5.92 Å².